The Hall–Kier alpha value is -4.50. The van der Waals surface area contributed by atoms with E-state index in [0.717, 1.165) is 10.5 Å². The molecule has 3 aromatic rings. The van der Waals surface area contributed by atoms with Crippen LogP contribution in [0.1, 0.15) is 44.7 Å². The van der Waals surface area contributed by atoms with Crippen LogP contribution in [0.2, 0.25) is 0 Å². The standard InChI is InChI=1S/C23H18N6O5S/c24-12-16-20(26-27-21(16)35-13-14-6-2-1-3-7-14)25-18(30)10-5-11-28-22(31)15-8-4-9-17(29(33)34)19(15)23(28)32/h1-4,6-9H,5,10-11,13H2,(H2,25,26,27,30). The van der Waals surface area contributed by atoms with Gasteiger partial charge < -0.3 is 5.32 Å². The minimum Gasteiger partial charge on any atom is -0.310 e. The van der Waals surface area contributed by atoms with Crippen LogP contribution in [0.25, 0.3) is 0 Å². The molecule has 11 nitrogen and oxygen atoms in total. The van der Waals surface area contributed by atoms with Crippen LogP contribution >= 0.6 is 11.8 Å². The van der Waals surface area contributed by atoms with Gasteiger partial charge in [-0.2, -0.15) is 10.4 Å². The van der Waals surface area contributed by atoms with Crippen molar-refractivity contribution >= 4 is 41.0 Å². The number of rotatable bonds is 9. The molecule has 2 aromatic carbocycles. The Kier molecular flexibility index (Phi) is 6.88. The van der Waals surface area contributed by atoms with Crippen LogP contribution in [0.3, 0.4) is 0 Å². The number of nitrogens with one attached hydrogen (secondary N) is 2. The minimum atomic E-state index is -0.752. The Morgan fingerprint density at radius 1 is 1.17 bits per heavy atom. The number of imide groups is 1. The van der Waals surface area contributed by atoms with E-state index < -0.39 is 28.3 Å². The third kappa shape index (κ3) is 4.90. The number of hydrogen-bond acceptors (Lipinski definition) is 8. The van der Waals surface area contributed by atoms with Gasteiger partial charge in [-0.3, -0.25) is 34.5 Å². The molecule has 0 radical (unpaired) electrons. The lowest BCUT2D eigenvalue weighted by molar-refractivity contribution is -0.385. The minimum absolute atomic E-state index is 0.0229. The zero-order valence-corrected chi connectivity index (χ0v) is 19.0. The molecule has 2 N–H and O–H groups in total. The zero-order valence-electron chi connectivity index (χ0n) is 18.2. The van der Waals surface area contributed by atoms with Crippen molar-refractivity contribution in [3.63, 3.8) is 0 Å². The van der Waals surface area contributed by atoms with Gasteiger partial charge in [-0.15, -0.1) is 0 Å². The fraction of sp³-hybridized carbons (Fsp3) is 0.174. The molecule has 0 aliphatic carbocycles. The van der Waals surface area contributed by atoms with Gasteiger partial charge in [-0.25, -0.2) is 0 Å². The van der Waals surface area contributed by atoms with Gasteiger partial charge in [0.25, 0.3) is 17.5 Å². The van der Waals surface area contributed by atoms with Gasteiger partial charge in [-0.05, 0) is 18.1 Å². The molecule has 1 aliphatic rings. The number of thioether (sulfide) groups is 1. The maximum absolute atomic E-state index is 12.6. The predicted molar refractivity (Wildman–Crippen MR) is 126 cm³/mol. The summed E-state index contributed by atoms with van der Waals surface area (Å²) in [6.45, 7) is -0.0802. The Morgan fingerprint density at radius 2 is 1.94 bits per heavy atom. The SMILES string of the molecule is N#Cc1c(SCc2ccccc2)n[nH]c1NC(=O)CCCN1C(=O)c2cccc([N+](=O)[O-])c2C1=O. The number of nitriles is 1. The van der Waals surface area contributed by atoms with E-state index in [-0.39, 0.29) is 41.9 Å². The van der Waals surface area contributed by atoms with E-state index in [4.69, 9.17) is 0 Å². The Labute approximate surface area is 203 Å². The van der Waals surface area contributed by atoms with Crippen LogP contribution in [0, 0.1) is 21.4 Å². The van der Waals surface area contributed by atoms with Crippen LogP contribution in [-0.2, 0) is 10.5 Å². The number of nitrogens with zero attached hydrogens (tertiary/aromatic N) is 4. The lowest BCUT2D eigenvalue weighted by Crippen LogP contribution is -2.31. The zero-order chi connectivity index (χ0) is 24.9. The predicted octanol–water partition coefficient (Wildman–Crippen LogP) is 3.50. The quantitative estimate of drug-likeness (QED) is 0.199. The van der Waals surface area contributed by atoms with Gasteiger partial charge in [0.05, 0.1) is 10.5 Å². The number of carbonyl (C=O) groups excluding carboxylic acids is 3. The Bertz CT molecular complexity index is 1360. The number of amides is 3. The number of nitro benzene ring substituents is 1. The molecular formula is C23H18N6O5S. The number of nitro groups is 1. The van der Waals surface area contributed by atoms with Crippen molar-refractivity contribution in [1.29, 1.82) is 5.26 Å². The number of anilines is 1. The summed E-state index contributed by atoms with van der Waals surface area (Å²) in [5.74, 6) is -1.05. The first kappa shape index (κ1) is 23.7. The van der Waals surface area contributed by atoms with Crippen molar-refractivity contribution in [2.75, 3.05) is 11.9 Å². The van der Waals surface area contributed by atoms with Crippen LogP contribution < -0.4 is 5.32 Å². The largest absolute Gasteiger partial charge is 0.310 e. The van der Waals surface area contributed by atoms with Gasteiger partial charge in [0.15, 0.2) is 0 Å². The first-order valence-electron chi connectivity index (χ1n) is 10.5. The first-order chi connectivity index (χ1) is 16.9. The topological polar surface area (TPSA) is 162 Å². The second-order valence-corrected chi connectivity index (χ2v) is 8.50. The van der Waals surface area contributed by atoms with Crippen molar-refractivity contribution in [3.8, 4) is 6.07 Å². The second kappa shape index (κ2) is 10.2. The molecule has 12 heteroatoms. The average molecular weight is 491 g/mol. The second-order valence-electron chi connectivity index (χ2n) is 7.54. The average Bonchev–Trinajstić information content (AvgIpc) is 3.36. The van der Waals surface area contributed by atoms with Gasteiger partial charge in [0.1, 0.15) is 28.0 Å². The molecule has 0 unspecified atom stereocenters. The monoisotopic (exact) mass is 490 g/mol. The summed E-state index contributed by atoms with van der Waals surface area (Å²) in [6, 6.07) is 15.6. The molecule has 1 aromatic heterocycles. The molecule has 0 spiro atoms. The highest BCUT2D eigenvalue weighted by Gasteiger charge is 2.40. The molecule has 0 fully saturated rings. The summed E-state index contributed by atoms with van der Waals surface area (Å²) in [6.07, 6.45) is 0.0859. The molecule has 3 amide bonds. The van der Waals surface area contributed by atoms with Crippen molar-refractivity contribution < 1.29 is 19.3 Å². The van der Waals surface area contributed by atoms with Crippen LogP contribution in [0.15, 0.2) is 53.6 Å². The summed E-state index contributed by atoms with van der Waals surface area (Å²) in [5.41, 5.74) is 0.597. The van der Waals surface area contributed by atoms with E-state index in [9.17, 15) is 29.8 Å². The smallest absolute Gasteiger partial charge is 0.282 e. The number of benzene rings is 2. The van der Waals surface area contributed by atoms with E-state index in [1.807, 2.05) is 36.4 Å². The highest BCUT2D eigenvalue weighted by molar-refractivity contribution is 7.98. The van der Waals surface area contributed by atoms with Gasteiger partial charge in [0.2, 0.25) is 5.91 Å². The Balaban J connectivity index is 1.33. The first-order valence-corrected chi connectivity index (χ1v) is 11.5. The van der Waals surface area contributed by atoms with E-state index >= 15 is 0 Å². The molecule has 0 saturated heterocycles. The van der Waals surface area contributed by atoms with Gasteiger partial charge >= 0.3 is 0 Å². The summed E-state index contributed by atoms with van der Waals surface area (Å²) in [5, 5.41) is 30.5. The third-order valence-electron chi connectivity index (χ3n) is 5.29. The van der Waals surface area contributed by atoms with Crippen LogP contribution in [0.4, 0.5) is 11.5 Å². The summed E-state index contributed by atoms with van der Waals surface area (Å²) >= 11 is 1.36. The molecule has 0 atom stereocenters. The van der Waals surface area contributed by atoms with Crippen LogP contribution in [-0.4, -0.2) is 44.3 Å². The van der Waals surface area contributed by atoms with E-state index in [0.29, 0.717) is 10.8 Å². The highest BCUT2D eigenvalue weighted by atomic mass is 32.2. The van der Waals surface area contributed by atoms with Crippen molar-refractivity contribution in [2.45, 2.75) is 23.6 Å². The number of aromatic nitrogens is 2. The lowest BCUT2D eigenvalue weighted by atomic mass is 10.1. The molecule has 35 heavy (non-hydrogen) atoms. The molecule has 1 aliphatic heterocycles. The summed E-state index contributed by atoms with van der Waals surface area (Å²) in [4.78, 5) is 48.9. The number of aromatic amines is 1. The Morgan fingerprint density at radius 3 is 2.66 bits per heavy atom. The van der Waals surface area contributed by atoms with Crippen molar-refractivity contribution in [1.82, 2.24) is 15.1 Å². The van der Waals surface area contributed by atoms with E-state index in [1.165, 1.54) is 30.0 Å². The lowest BCUT2D eigenvalue weighted by Gasteiger charge is -2.13. The number of carbonyl (C=O) groups is 3. The van der Waals surface area contributed by atoms with Crippen molar-refractivity contribution in [3.05, 3.63) is 80.9 Å². The van der Waals surface area contributed by atoms with E-state index in [1.54, 1.807) is 0 Å². The number of H-pyrrole nitrogens is 1. The molecule has 0 bridgehead atoms. The van der Waals surface area contributed by atoms with Gasteiger partial charge in [-0.1, -0.05) is 48.2 Å². The fourth-order valence-electron chi connectivity index (χ4n) is 3.62. The summed E-state index contributed by atoms with van der Waals surface area (Å²) < 4.78 is 0. The third-order valence-corrected chi connectivity index (χ3v) is 6.33. The molecular weight excluding hydrogens is 472 g/mol. The van der Waals surface area contributed by atoms with Gasteiger partial charge in [0, 0.05) is 24.8 Å². The normalized spacial score (nSPS) is 12.4. The molecule has 176 valence electrons. The number of fused-ring (bicyclic) bond motifs is 1. The van der Waals surface area contributed by atoms with E-state index in [2.05, 4.69) is 15.5 Å². The summed E-state index contributed by atoms with van der Waals surface area (Å²) in [7, 11) is 0. The van der Waals surface area contributed by atoms with Crippen LogP contribution in [0.5, 0.6) is 0 Å². The van der Waals surface area contributed by atoms with Crippen molar-refractivity contribution in [2.24, 2.45) is 0 Å². The number of hydrogen-bond donors (Lipinski definition) is 2. The molecule has 0 saturated carbocycles. The highest BCUT2D eigenvalue weighted by Crippen LogP contribution is 2.31. The maximum atomic E-state index is 12.6. The molecule has 4 rings (SSSR count). The maximum Gasteiger partial charge on any atom is 0.282 e. The fourth-order valence-corrected chi connectivity index (χ4v) is 4.52. The molecule has 2 heterocycles.